The Hall–Kier alpha value is -2.71. The highest BCUT2D eigenvalue weighted by molar-refractivity contribution is 7.92. The van der Waals surface area contributed by atoms with Gasteiger partial charge in [0.05, 0.1) is 15.9 Å². The summed E-state index contributed by atoms with van der Waals surface area (Å²) in [5.74, 6) is -0.239. The van der Waals surface area contributed by atoms with Gasteiger partial charge in [-0.3, -0.25) is 9.52 Å². The molecular weight excluding hydrogens is 388 g/mol. The van der Waals surface area contributed by atoms with E-state index in [1.54, 1.807) is 35.2 Å². The average molecular weight is 403 g/mol. The minimum absolute atomic E-state index is 0.0418. The molecule has 0 bridgehead atoms. The molecule has 3 aromatic rings. The van der Waals surface area contributed by atoms with Crippen LogP contribution in [0, 0.1) is 0 Å². The maximum atomic E-state index is 12.8. The van der Waals surface area contributed by atoms with Crippen molar-refractivity contribution in [3.63, 3.8) is 0 Å². The number of carbonyl (C=O) groups excluding carboxylic acids is 1. The van der Waals surface area contributed by atoms with Crippen LogP contribution in [0.2, 0.25) is 5.15 Å². The number of amides is 1. The fourth-order valence-electron chi connectivity index (χ4n) is 2.73. The van der Waals surface area contributed by atoms with Crippen LogP contribution in [0.5, 0.6) is 0 Å². The highest BCUT2D eigenvalue weighted by Crippen LogP contribution is 2.24. The predicted octanol–water partition coefficient (Wildman–Crippen LogP) is 2.93. The number of hydrogen-bond acceptors (Lipinski definition) is 5. The second kappa shape index (κ2) is 6.79. The van der Waals surface area contributed by atoms with Crippen LogP contribution in [0.3, 0.4) is 0 Å². The van der Waals surface area contributed by atoms with Crippen LogP contribution in [-0.2, 0) is 10.0 Å². The minimum atomic E-state index is -3.98. The van der Waals surface area contributed by atoms with E-state index in [1.807, 2.05) is 0 Å². The molecule has 7 nitrogen and oxygen atoms in total. The van der Waals surface area contributed by atoms with Crippen LogP contribution in [0.4, 0.5) is 5.82 Å². The number of benzene rings is 2. The van der Waals surface area contributed by atoms with Gasteiger partial charge in [0.1, 0.15) is 0 Å². The molecule has 0 atom stereocenters. The molecule has 1 aliphatic heterocycles. The molecule has 1 aromatic heterocycles. The Morgan fingerprint density at radius 1 is 1.04 bits per heavy atom. The van der Waals surface area contributed by atoms with Crippen molar-refractivity contribution in [1.29, 1.82) is 0 Å². The monoisotopic (exact) mass is 402 g/mol. The molecule has 1 amide bonds. The van der Waals surface area contributed by atoms with E-state index in [1.165, 1.54) is 18.2 Å². The van der Waals surface area contributed by atoms with Gasteiger partial charge >= 0.3 is 0 Å². The van der Waals surface area contributed by atoms with Crippen LogP contribution in [0.1, 0.15) is 16.8 Å². The van der Waals surface area contributed by atoms with Gasteiger partial charge < -0.3 is 4.90 Å². The van der Waals surface area contributed by atoms with Gasteiger partial charge in [-0.15, -0.1) is 0 Å². The number of nitrogens with zero attached hydrogens (tertiary/aromatic N) is 3. The molecule has 27 heavy (non-hydrogen) atoms. The molecule has 1 saturated heterocycles. The normalized spacial score (nSPS) is 14.0. The number of para-hydroxylation sites is 2. The van der Waals surface area contributed by atoms with Crippen molar-refractivity contribution in [3.05, 3.63) is 59.2 Å². The molecule has 2 heterocycles. The van der Waals surface area contributed by atoms with Gasteiger partial charge in [-0.1, -0.05) is 29.8 Å². The number of aromatic nitrogens is 2. The lowest BCUT2D eigenvalue weighted by Crippen LogP contribution is -2.42. The summed E-state index contributed by atoms with van der Waals surface area (Å²) < 4.78 is 27.9. The number of nitrogens with one attached hydrogen (secondary N) is 1. The zero-order valence-electron chi connectivity index (χ0n) is 14.1. The Kier molecular flexibility index (Phi) is 4.45. The lowest BCUT2D eigenvalue weighted by atomic mass is 10.1. The molecule has 0 radical (unpaired) electrons. The second-order valence-corrected chi connectivity index (χ2v) is 8.17. The molecule has 1 fully saturated rings. The number of sulfonamides is 1. The number of likely N-dealkylation sites (tertiary alicyclic amines) is 1. The van der Waals surface area contributed by atoms with Crippen LogP contribution < -0.4 is 4.72 Å². The molecule has 1 aliphatic rings. The fourth-order valence-corrected chi connectivity index (χ4v) is 4.02. The van der Waals surface area contributed by atoms with Crippen molar-refractivity contribution >= 4 is 44.4 Å². The quantitative estimate of drug-likeness (QED) is 0.724. The average Bonchev–Trinajstić information content (AvgIpc) is 2.61. The van der Waals surface area contributed by atoms with E-state index >= 15 is 0 Å². The molecule has 0 aliphatic carbocycles. The highest BCUT2D eigenvalue weighted by atomic mass is 35.5. The maximum Gasteiger partial charge on any atom is 0.263 e. The Morgan fingerprint density at radius 3 is 2.41 bits per heavy atom. The maximum absolute atomic E-state index is 12.8. The van der Waals surface area contributed by atoms with E-state index < -0.39 is 10.0 Å². The van der Waals surface area contributed by atoms with Gasteiger partial charge in [-0.25, -0.2) is 18.4 Å². The highest BCUT2D eigenvalue weighted by Gasteiger charge is 2.24. The van der Waals surface area contributed by atoms with Gasteiger partial charge in [0.25, 0.3) is 15.9 Å². The first-order valence-corrected chi connectivity index (χ1v) is 10.1. The van der Waals surface area contributed by atoms with Crippen LogP contribution in [0.15, 0.2) is 53.4 Å². The summed E-state index contributed by atoms with van der Waals surface area (Å²) in [7, 11) is -3.98. The van der Waals surface area contributed by atoms with Gasteiger partial charge in [-0.05, 0) is 36.8 Å². The van der Waals surface area contributed by atoms with E-state index in [-0.39, 0.29) is 21.8 Å². The van der Waals surface area contributed by atoms with Crippen LogP contribution >= 0.6 is 11.6 Å². The fraction of sp³-hybridized carbons (Fsp3) is 0.167. The summed E-state index contributed by atoms with van der Waals surface area (Å²) in [5.41, 5.74) is 1.40. The van der Waals surface area contributed by atoms with Crippen LogP contribution in [0.25, 0.3) is 11.0 Å². The first-order valence-electron chi connectivity index (χ1n) is 8.28. The zero-order chi connectivity index (χ0) is 19.0. The third-order valence-electron chi connectivity index (χ3n) is 4.29. The Balaban J connectivity index is 1.66. The molecule has 0 unspecified atom stereocenters. The third kappa shape index (κ3) is 3.45. The summed E-state index contributed by atoms with van der Waals surface area (Å²) in [4.78, 5) is 22.4. The number of anilines is 1. The lowest BCUT2D eigenvalue weighted by molar-refractivity contribution is 0.0651. The topological polar surface area (TPSA) is 92.3 Å². The molecule has 2 aromatic carbocycles. The molecule has 4 rings (SSSR count). The van der Waals surface area contributed by atoms with Crippen molar-refractivity contribution in [2.75, 3.05) is 17.8 Å². The van der Waals surface area contributed by atoms with Gasteiger partial charge in [0, 0.05) is 18.7 Å². The SMILES string of the molecule is O=C(c1cccc(S(=O)(=O)Nc2nc3ccccc3nc2Cl)c1)N1CCC1. The largest absolute Gasteiger partial charge is 0.339 e. The van der Waals surface area contributed by atoms with E-state index in [0.29, 0.717) is 29.7 Å². The zero-order valence-corrected chi connectivity index (χ0v) is 15.7. The Labute approximate surface area is 161 Å². The number of fused-ring (bicyclic) bond motifs is 1. The molecule has 9 heteroatoms. The smallest absolute Gasteiger partial charge is 0.263 e. The molecule has 0 spiro atoms. The van der Waals surface area contributed by atoms with Gasteiger partial charge in [0.2, 0.25) is 0 Å². The lowest BCUT2D eigenvalue weighted by Gasteiger charge is -2.31. The Morgan fingerprint density at radius 2 is 1.74 bits per heavy atom. The summed E-state index contributed by atoms with van der Waals surface area (Å²) in [6, 6.07) is 12.9. The molecule has 1 N–H and O–H groups in total. The summed E-state index contributed by atoms with van der Waals surface area (Å²) in [6.45, 7) is 1.38. The van der Waals surface area contributed by atoms with E-state index in [2.05, 4.69) is 14.7 Å². The molecular formula is C18H15ClN4O3S. The first kappa shape index (κ1) is 17.7. The summed E-state index contributed by atoms with van der Waals surface area (Å²) in [5, 5.41) is -0.0508. The Bertz CT molecular complexity index is 1150. The second-order valence-electron chi connectivity index (χ2n) is 6.13. The van der Waals surface area contributed by atoms with Gasteiger partial charge in [0.15, 0.2) is 11.0 Å². The first-order chi connectivity index (χ1) is 12.9. The van der Waals surface area contributed by atoms with Crippen molar-refractivity contribution < 1.29 is 13.2 Å². The van der Waals surface area contributed by atoms with Crippen molar-refractivity contribution in [2.45, 2.75) is 11.3 Å². The van der Waals surface area contributed by atoms with E-state index in [0.717, 1.165) is 6.42 Å². The van der Waals surface area contributed by atoms with Gasteiger partial charge in [-0.2, -0.15) is 0 Å². The third-order valence-corrected chi connectivity index (χ3v) is 5.89. The number of carbonyl (C=O) groups is 1. The molecule has 138 valence electrons. The standard InChI is InChI=1S/C18H15ClN4O3S/c19-16-17(21-15-8-2-1-7-14(15)20-16)22-27(25,26)13-6-3-5-12(11-13)18(24)23-9-4-10-23/h1-3,5-8,11H,4,9-10H2,(H,21,22). The number of halogens is 1. The number of rotatable bonds is 4. The van der Waals surface area contributed by atoms with Crippen molar-refractivity contribution in [3.8, 4) is 0 Å². The van der Waals surface area contributed by atoms with Crippen molar-refractivity contribution in [2.24, 2.45) is 0 Å². The minimum Gasteiger partial charge on any atom is -0.339 e. The number of hydrogen-bond donors (Lipinski definition) is 1. The summed E-state index contributed by atoms with van der Waals surface area (Å²) in [6.07, 6.45) is 0.963. The van der Waals surface area contributed by atoms with Crippen LogP contribution in [-0.4, -0.2) is 42.3 Å². The van der Waals surface area contributed by atoms with E-state index in [4.69, 9.17) is 11.6 Å². The van der Waals surface area contributed by atoms with Crippen molar-refractivity contribution in [1.82, 2.24) is 14.9 Å². The predicted molar refractivity (Wildman–Crippen MR) is 102 cm³/mol. The van der Waals surface area contributed by atoms with E-state index in [9.17, 15) is 13.2 Å². The molecule has 0 saturated carbocycles. The summed E-state index contributed by atoms with van der Waals surface area (Å²) >= 11 is 6.09.